The summed E-state index contributed by atoms with van der Waals surface area (Å²) in [5.74, 6) is 2.89. The molecule has 0 bridgehead atoms. The molecule has 0 aliphatic rings. The molecule has 4 heteroatoms. The average Bonchev–Trinajstić information content (AvgIpc) is 2.28. The van der Waals surface area contributed by atoms with Gasteiger partial charge < -0.3 is 10.5 Å². The van der Waals surface area contributed by atoms with Crippen LogP contribution in [0.2, 0.25) is 0 Å². The summed E-state index contributed by atoms with van der Waals surface area (Å²) < 4.78 is 5.61. The van der Waals surface area contributed by atoms with Gasteiger partial charge in [-0.15, -0.1) is 0 Å². The first-order valence-corrected chi connectivity index (χ1v) is 7.24. The highest BCUT2D eigenvalue weighted by atomic mass is 32.2. The molecule has 1 atom stereocenters. The maximum atomic E-state index is 6.12. The van der Waals surface area contributed by atoms with Gasteiger partial charge in [0.05, 0.1) is 12.3 Å². The normalized spacial score (nSPS) is 12.8. The second-order valence-corrected chi connectivity index (χ2v) is 5.45. The Balaban J connectivity index is 2.57. The Morgan fingerprint density at radius 1 is 1.41 bits per heavy atom. The summed E-state index contributed by atoms with van der Waals surface area (Å²) >= 11 is 1.88. The van der Waals surface area contributed by atoms with Crippen molar-refractivity contribution in [2.45, 2.75) is 39.3 Å². The lowest BCUT2D eigenvalue weighted by Gasteiger charge is -2.14. The number of thioether (sulfide) groups is 1. The molecule has 0 fully saturated rings. The minimum Gasteiger partial charge on any atom is -0.489 e. The lowest BCUT2D eigenvalue weighted by molar-refractivity contribution is 0.241. The first-order chi connectivity index (χ1) is 8.13. The van der Waals surface area contributed by atoms with E-state index >= 15 is 0 Å². The number of rotatable bonds is 7. The van der Waals surface area contributed by atoms with E-state index in [0.29, 0.717) is 0 Å². The summed E-state index contributed by atoms with van der Waals surface area (Å²) in [4.78, 5) is 4.17. The maximum absolute atomic E-state index is 6.12. The van der Waals surface area contributed by atoms with Gasteiger partial charge in [-0.1, -0.05) is 6.92 Å². The molecule has 0 saturated carbocycles. The second-order valence-electron chi connectivity index (χ2n) is 4.30. The van der Waals surface area contributed by atoms with Crippen LogP contribution in [-0.4, -0.2) is 22.6 Å². The monoisotopic (exact) mass is 254 g/mol. The zero-order valence-electron chi connectivity index (χ0n) is 10.8. The van der Waals surface area contributed by atoms with Crippen LogP contribution in [0.5, 0.6) is 5.75 Å². The third-order valence-corrected chi connectivity index (χ3v) is 3.47. The lowest BCUT2D eigenvalue weighted by atomic mass is 10.1. The van der Waals surface area contributed by atoms with Crippen LogP contribution in [0.4, 0.5) is 0 Å². The SMILES string of the molecule is CCCSCC(N)c1cncc(OC(C)C)c1. The van der Waals surface area contributed by atoms with Gasteiger partial charge in [-0.25, -0.2) is 0 Å². The lowest BCUT2D eigenvalue weighted by Crippen LogP contribution is -2.14. The van der Waals surface area contributed by atoms with Crippen LogP contribution in [0, 0.1) is 0 Å². The Kier molecular flexibility index (Phi) is 6.37. The van der Waals surface area contributed by atoms with E-state index in [1.807, 2.05) is 37.9 Å². The van der Waals surface area contributed by atoms with Crippen molar-refractivity contribution in [1.82, 2.24) is 4.98 Å². The molecule has 1 aromatic rings. The first kappa shape index (κ1) is 14.3. The molecule has 0 spiro atoms. The molecule has 2 N–H and O–H groups in total. The Hall–Kier alpha value is -0.740. The maximum Gasteiger partial charge on any atom is 0.138 e. The predicted molar refractivity (Wildman–Crippen MR) is 74.5 cm³/mol. The zero-order chi connectivity index (χ0) is 12.7. The molecule has 0 amide bonds. The number of pyridine rings is 1. The average molecular weight is 254 g/mol. The largest absolute Gasteiger partial charge is 0.489 e. The van der Waals surface area contributed by atoms with Crippen molar-refractivity contribution in [2.24, 2.45) is 5.73 Å². The van der Waals surface area contributed by atoms with Crippen LogP contribution in [-0.2, 0) is 0 Å². The second kappa shape index (κ2) is 7.56. The minimum atomic E-state index is 0.0368. The van der Waals surface area contributed by atoms with E-state index in [0.717, 1.165) is 22.8 Å². The molecule has 0 aromatic carbocycles. The fraction of sp³-hybridized carbons (Fsp3) is 0.615. The highest BCUT2D eigenvalue weighted by Crippen LogP contribution is 2.20. The third-order valence-electron chi connectivity index (χ3n) is 2.18. The smallest absolute Gasteiger partial charge is 0.138 e. The Morgan fingerprint density at radius 2 is 2.18 bits per heavy atom. The number of ether oxygens (including phenoxy) is 1. The molecule has 96 valence electrons. The fourth-order valence-corrected chi connectivity index (χ4v) is 2.33. The van der Waals surface area contributed by atoms with Crippen LogP contribution < -0.4 is 10.5 Å². The molecular weight excluding hydrogens is 232 g/mol. The van der Waals surface area contributed by atoms with Crippen molar-refractivity contribution in [3.8, 4) is 5.75 Å². The predicted octanol–water partition coefficient (Wildman–Crippen LogP) is 3.01. The molecule has 1 unspecified atom stereocenters. The summed E-state index contributed by atoms with van der Waals surface area (Å²) in [7, 11) is 0. The standard InChI is InChI=1S/C13H22N2OS/c1-4-5-17-9-13(14)11-6-12(8-15-7-11)16-10(2)3/h6-8,10,13H,4-5,9,14H2,1-3H3. The molecule has 1 aromatic heterocycles. The van der Waals surface area contributed by atoms with Crippen LogP contribution in [0.25, 0.3) is 0 Å². The van der Waals surface area contributed by atoms with Crippen molar-refractivity contribution in [3.05, 3.63) is 24.0 Å². The van der Waals surface area contributed by atoms with Gasteiger partial charge >= 0.3 is 0 Å². The molecule has 0 aliphatic heterocycles. The molecule has 1 heterocycles. The molecule has 17 heavy (non-hydrogen) atoms. The van der Waals surface area contributed by atoms with E-state index in [9.17, 15) is 0 Å². The summed E-state index contributed by atoms with van der Waals surface area (Å²) in [6, 6.07) is 2.03. The van der Waals surface area contributed by atoms with Gasteiger partial charge in [-0.2, -0.15) is 11.8 Å². The van der Waals surface area contributed by atoms with Gasteiger partial charge in [-0.3, -0.25) is 4.98 Å². The molecule has 3 nitrogen and oxygen atoms in total. The molecule has 0 radical (unpaired) electrons. The fourth-order valence-electron chi connectivity index (χ4n) is 1.43. The highest BCUT2D eigenvalue weighted by Gasteiger charge is 2.08. The number of aromatic nitrogens is 1. The summed E-state index contributed by atoms with van der Waals surface area (Å²) in [5, 5.41) is 0. The summed E-state index contributed by atoms with van der Waals surface area (Å²) in [6.45, 7) is 6.19. The van der Waals surface area contributed by atoms with Crippen LogP contribution in [0.1, 0.15) is 38.8 Å². The summed E-state index contributed by atoms with van der Waals surface area (Å²) in [5.41, 5.74) is 7.17. The number of hydrogen-bond acceptors (Lipinski definition) is 4. The van der Waals surface area contributed by atoms with E-state index in [1.54, 1.807) is 6.20 Å². The number of nitrogens with zero attached hydrogens (tertiary/aromatic N) is 1. The van der Waals surface area contributed by atoms with Gasteiger partial charge in [0, 0.05) is 18.0 Å². The van der Waals surface area contributed by atoms with Crippen molar-refractivity contribution in [1.29, 1.82) is 0 Å². The minimum absolute atomic E-state index is 0.0368. The van der Waals surface area contributed by atoms with Gasteiger partial charge in [0.15, 0.2) is 0 Å². The van der Waals surface area contributed by atoms with Crippen molar-refractivity contribution < 1.29 is 4.74 Å². The first-order valence-electron chi connectivity index (χ1n) is 6.08. The van der Waals surface area contributed by atoms with Crippen molar-refractivity contribution in [3.63, 3.8) is 0 Å². The quantitative estimate of drug-likeness (QED) is 0.760. The number of nitrogens with two attached hydrogens (primary N) is 1. The molecular formula is C13H22N2OS. The molecule has 1 rings (SSSR count). The van der Waals surface area contributed by atoms with Gasteiger partial charge in [0.2, 0.25) is 0 Å². The van der Waals surface area contributed by atoms with Crippen molar-refractivity contribution in [2.75, 3.05) is 11.5 Å². The van der Waals surface area contributed by atoms with Crippen molar-refractivity contribution >= 4 is 11.8 Å². The van der Waals surface area contributed by atoms with Crippen LogP contribution >= 0.6 is 11.8 Å². The van der Waals surface area contributed by atoms with E-state index in [4.69, 9.17) is 10.5 Å². The van der Waals surface area contributed by atoms with Gasteiger partial charge in [-0.05, 0) is 37.7 Å². The molecule has 0 saturated heterocycles. The number of hydrogen-bond donors (Lipinski definition) is 1. The molecule has 0 aliphatic carbocycles. The Bertz CT molecular complexity index is 331. The van der Waals surface area contributed by atoms with Gasteiger partial charge in [0.25, 0.3) is 0 Å². The van der Waals surface area contributed by atoms with E-state index in [1.165, 1.54) is 6.42 Å². The summed E-state index contributed by atoms with van der Waals surface area (Å²) in [6.07, 6.45) is 4.91. The Labute approximate surface area is 108 Å². The topological polar surface area (TPSA) is 48.1 Å². The van der Waals surface area contributed by atoms with Gasteiger partial charge in [0.1, 0.15) is 5.75 Å². The van der Waals surface area contributed by atoms with E-state index in [2.05, 4.69) is 11.9 Å². The Morgan fingerprint density at radius 3 is 2.82 bits per heavy atom. The highest BCUT2D eigenvalue weighted by molar-refractivity contribution is 7.99. The van der Waals surface area contributed by atoms with E-state index in [-0.39, 0.29) is 12.1 Å². The third kappa shape index (κ3) is 5.41. The van der Waals surface area contributed by atoms with E-state index < -0.39 is 0 Å². The zero-order valence-corrected chi connectivity index (χ0v) is 11.7. The van der Waals surface area contributed by atoms with Crippen LogP contribution in [0.3, 0.4) is 0 Å². The van der Waals surface area contributed by atoms with Crippen LogP contribution in [0.15, 0.2) is 18.5 Å².